The van der Waals surface area contributed by atoms with Gasteiger partial charge in [0.1, 0.15) is 0 Å². The third-order valence-corrected chi connectivity index (χ3v) is 2.15. The lowest BCUT2D eigenvalue weighted by molar-refractivity contribution is -0.137. The van der Waals surface area contributed by atoms with Crippen molar-refractivity contribution in [2.45, 2.75) is 25.9 Å². The number of alkyl halides is 3. The Hall–Kier alpha value is -1.25. The van der Waals surface area contributed by atoms with Crippen LogP contribution >= 0.6 is 0 Å². The van der Waals surface area contributed by atoms with Gasteiger partial charge in [-0.2, -0.15) is 13.2 Å². The van der Waals surface area contributed by atoms with Crippen molar-refractivity contribution < 1.29 is 13.2 Å². The second-order valence-electron chi connectivity index (χ2n) is 3.67. The molecule has 0 nitrogen and oxygen atoms in total. The first-order chi connectivity index (χ1) is 6.84. The molecule has 0 aliphatic heterocycles. The van der Waals surface area contributed by atoms with E-state index < -0.39 is 11.7 Å². The molecule has 0 saturated heterocycles. The average molecular weight is 213 g/mol. The molecule has 1 aromatic rings. The highest BCUT2D eigenvalue weighted by Crippen LogP contribution is 2.32. The van der Waals surface area contributed by atoms with Gasteiger partial charge in [0.05, 0.1) is 5.56 Å². The molecular weight excluding hydrogens is 201 g/mol. The smallest absolute Gasteiger partial charge is 0.166 e. The van der Waals surface area contributed by atoms with Crippen molar-refractivity contribution in [2.24, 2.45) is 0 Å². The molecule has 0 aliphatic carbocycles. The molecule has 0 atom stereocenters. The Kier molecular flexibility index (Phi) is 3.22. The number of hydrogen-bond donors (Lipinski definition) is 0. The Morgan fingerprint density at radius 3 is 2.20 bits per heavy atom. The largest absolute Gasteiger partial charge is 0.416 e. The van der Waals surface area contributed by atoms with Crippen LogP contribution in [0.5, 0.6) is 0 Å². The fourth-order valence-corrected chi connectivity index (χ4v) is 1.25. The Labute approximate surface area is 87.4 Å². The Bertz CT molecular complexity index is 362. The monoisotopic (exact) mass is 213 g/mol. The molecular formula is C12H12F3. The maximum atomic E-state index is 12.5. The van der Waals surface area contributed by atoms with Gasteiger partial charge in [-0.05, 0) is 35.3 Å². The highest BCUT2D eigenvalue weighted by Gasteiger charge is 2.31. The molecule has 0 amide bonds. The number of hydrogen-bond acceptors (Lipinski definition) is 0. The van der Waals surface area contributed by atoms with Crippen LogP contribution in [0.15, 0.2) is 24.8 Å². The average Bonchev–Trinajstić information content (AvgIpc) is 2.15. The van der Waals surface area contributed by atoms with Crippen LogP contribution in [0, 0.1) is 6.08 Å². The van der Waals surface area contributed by atoms with Crippen molar-refractivity contribution >= 4 is 0 Å². The summed E-state index contributed by atoms with van der Waals surface area (Å²) >= 11 is 0. The Morgan fingerprint density at radius 2 is 1.80 bits per heavy atom. The molecule has 0 aromatic heterocycles. The molecule has 0 saturated carbocycles. The van der Waals surface area contributed by atoms with Crippen molar-refractivity contribution in [1.82, 2.24) is 0 Å². The van der Waals surface area contributed by atoms with E-state index in [2.05, 4.69) is 12.7 Å². The van der Waals surface area contributed by atoms with Crippen molar-refractivity contribution in [1.29, 1.82) is 0 Å². The maximum absolute atomic E-state index is 12.5. The third-order valence-electron chi connectivity index (χ3n) is 2.15. The van der Waals surface area contributed by atoms with Crippen molar-refractivity contribution in [3.8, 4) is 0 Å². The normalized spacial score (nSPS) is 11.9. The van der Waals surface area contributed by atoms with Crippen LogP contribution in [0.2, 0.25) is 0 Å². The minimum Gasteiger partial charge on any atom is -0.166 e. The van der Waals surface area contributed by atoms with Gasteiger partial charge in [0, 0.05) is 0 Å². The predicted octanol–water partition coefficient (Wildman–Crippen LogP) is 4.17. The molecule has 81 valence electrons. The molecule has 3 heteroatoms. The van der Waals surface area contributed by atoms with E-state index in [9.17, 15) is 13.2 Å². The van der Waals surface area contributed by atoms with Gasteiger partial charge < -0.3 is 0 Å². The first-order valence-corrected chi connectivity index (χ1v) is 4.60. The van der Waals surface area contributed by atoms with Crippen molar-refractivity contribution in [3.05, 3.63) is 47.5 Å². The molecule has 0 spiro atoms. The summed E-state index contributed by atoms with van der Waals surface area (Å²) in [5.41, 5.74) is 0.393. The van der Waals surface area contributed by atoms with Gasteiger partial charge in [0.2, 0.25) is 0 Å². The van der Waals surface area contributed by atoms with Gasteiger partial charge in [-0.1, -0.05) is 26.5 Å². The molecule has 0 N–H and O–H groups in total. The van der Waals surface area contributed by atoms with Crippen molar-refractivity contribution in [2.75, 3.05) is 0 Å². The molecule has 0 bridgehead atoms. The lowest BCUT2D eigenvalue weighted by Gasteiger charge is -2.12. The minimum atomic E-state index is -4.31. The lowest BCUT2D eigenvalue weighted by Crippen LogP contribution is -2.06. The fraction of sp³-hybridized carbons (Fsp3) is 0.333. The quantitative estimate of drug-likeness (QED) is 0.691. The molecule has 0 aliphatic rings. The summed E-state index contributed by atoms with van der Waals surface area (Å²) < 4.78 is 37.5. The Balaban J connectivity index is 3.29. The number of benzene rings is 1. The van der Waals surface area contributed by atoms with E-state index in [1.54, 1.807) is 6.07 Å². The SMILES string of the molecule is C=[C]c1cc(C(C)C)cc(C(F)(F)F)c1. The first kappa shape index (κ1) is 11.8. The van der Waals surface area contributed by atoms with E-state index in [0.717, 1.165) is 6.07 Å². The van der Waals surface area contributed by atoms with Gasteiger partial charge in [-0.25, -0.2) is 0 Å². The van der Waals surface area contributed by atoms with E-state index in [1.807, 2.05) is 13.8 Å². The summed E-state index contributed by atoms with van der Waals surface area (Å²) in [6.07, 6.45) is -1.82. The van der Waals surface area contributed by atoms with Crippen LogP contribution in [0.25, 0.3) is 0 Å². The van der Waals surface area contributed by atoms with Gasteiger partial charge in [0.15, 0.2) is 0 Å². The first-order valence-electron chi connectivity index (χ1n) is 4.60. The zero-order valence-electron chi connectivity index (χ0n) is 8.65. The van der Waals surface area contributed by atoms with E-state index >= 15 is 0 Å². The van der Waals surface area contributed by atoms with E-state index in [0.29, 0.717) is 11.1 Å². The zero-order chi connectivity index (χ0) is 11.6. The summed E-state index contributed by atoms with van der Waals surface area (Å²) in [5, 5.41) is 0. The van der Waals surface area contributed by atoms with E-state index in [-0.39, 0.29) is 5.92 Å². The summed E-state index contributed by atoms with van der Waals surface area (Å²) in [6.45, 7) is 7.06. The van der Waals surface area contributed by atoms with Crippen LogP contribution < -0.4 is 0 Å². The van der Waals surface area contributed by atoms with Crippen LogP contribution in [0.3, 0.4) is 0 Å². The molecule has 1 radical (unpaired) electrons. The van der Waals surface area contributed by atoms with E-state index in [1.165, 1.54) is 6.07 Å². The van der Waals surface area contributed by atoms with Crippen molar-refractivity contribution in [3.63, 3.8) is 0 Å². The molecule has 0 unspecified atom stereocenters. The number of rotatable bonds is 2. The third kappa shape index (κ3) is 2.85. The number of halogens is 3. The van der Waals surface area contributed by atoms with Crippen LogP contribution in [0.4, 0.5) is 13.2 Å². The van der Waals surface area contributed by atoms with Crippen LogP contribution in [0.1, 0.15) is 36.5 Å². The van der Waals surface area contributed by atoms with Gasteiger partial charge >= 0.3 is 6.18 Å². The fourth-order valence-electron chi connectivity index (χ4n) is 1.25. The molecule has 0 heterocycles. The van der Waals surface area contributed by atoms with E-state index in [4.69, 9.17) is 0 Å². The van der Waals surface area contributed by atoms with Crippen LogP contribution in [-0.2, 0) is 6.18 Å². The highest BCUT2D eigenvalue weighted by atomic mass is 19.4. The second-order valence-corrected chi connectivity index (χ2v) is 3.67. The van der Waals surface area contributed by atoms with Gasteiger partial charge in [-0.3, -0.25) is 0 Å². The summed E-state index contributed by atoms with van der Waals surface area (Å²) in [6, 6.07) is 3.90. The highest BCUT2D eigenvalue weighted by molar-refractivity contribution is 5.36. The summed E-state index contributed by atoms with van der Waals surface area (Å²) in [4.78, 5) is 0. The van der Waals surface area contributed by atoms with Gasteiger partial charge in [-0.15, -0.1) is 0 Å². The molecule has 1 rings (SSSR count). The Morgan fingerprint density at radius 1 is 1.20 bits per heavy atom. The topological polar surface area (TPSA) is 0 Å². The molecule has 0 fully saturated rings. The molecule has 1 aromatic carbocycles. The van der Waals surface area contributed by atoms with Gasteiger partial charge in [0.25, 0.3) is 0 Å². The summed E-state index contributed by atoms with van der Waals surface area (Å²) in [7, 11) is 0. The zero-order valence-corrected chi connectivity index (χ0v) is 8.65. The standard InChI is InChI=1S/C12H12F3/c1-4-9-5-10(8(2)3)7-11(6-9)12(13,14)15/h5-8H,1H2,2-3H3. The minimum absolute atomic E-state index is 0.0550. The predicted molar refractivity (Wildman–Crippen MR) is 53.5 cm³/mol. The summed E-state index contributed by atoms with van der Waals surface area (Å²) in [5.74, 6) is 0.0550. The second kappa shape index (κ2) is 4.09. The molecule has 15 heavy (non-hydrogen) atoms. The lowest BCUT2D eigenvalue weighted by atomic mass is 9.97. The van der Waals surface area contributed by atoms with Crippen LogP contribution in [-0.4, -0.2) is 0 Å². The maximum Gasteiger partial charge on any atom is 0.416 e.